The maximum atomic E-state index is 11.0. The molecule has 0 amide bonds. The van der Waals surface area contributed by atoms with Crippen LogP contribution in [0.2, 0.25) is 0 Å². The fourth-order valence-corrected chi connectivity index (χ4v) is 3.37. The average Bonchev–Trinajstić information content (AvgIpc) is 2.89. The van der Waals surface area contributed by atoms with Gasteiger partial charge in [0.2, 0.25) is 0 Å². The molecule has 0 spiro atoms. The first-order chi connectivity index (χ1) is 16.8. The minimum Gasteiger partial charge on any atom is -0.478 e. The predicted molar refractivity (Wildman–Crippen MR) is 130 cm³/mol. The summed E-state index contributed by atoms with van der Waals surface area (Å²) < 4.78 is 0. The van der Waals surface area contributed by atoms with Gasteiger partial charge in [-0.05, 0) is 34.9 Å². The Hall–Kier alpha value is -4.89. The van der Waals surface area contributed by atoms with Crippen molar-refractivity contribution in [2.24, 2.45) is 0 Å². The molecular formula is C26H20N2O7. The fourth-order valence-electron chi connectivity index (χ4n) is 3.37. The van der Waals surface area contributed by atoms with Crippen molar-refractivity contribution in [2.45, 2.75) is 6.61 Å². The Bertz CT molecular complexity index is 1360. The first kappa shape index (κ1) is 24.7. The quantitative estimate of drug-likeness (QED) is 0.270. The lowest BCUT2D eigenvalue weighted by Gasteiger charge is -2.04. The Labute approximate surface area is 199 Å². The molecule has 4 aromatic rings. The zero-order chi connectivity index (χ0) is 25.4. The van der Waals surface area contributed by atoms with Crippen molar-refractivity contribution in [3.05, 3.63) is 128 Å². The molecule has 0 atom stereocenters. The number of carboxylic acids is 1. The van der Waals surface area contributed by atoms with E-state index in [9.17, 15) is 25.0 Å². The van der Waals surface area contributed by atoms with Gasteiger partial charge in [0.25, 0.3) is 11.4 Å². The molecule has 4 aromatic carbocycles. The molecule has 176 valence electrons. The number of carbonyl (C=O) groups is 1. The molecule has 0 bridgehead atoms. The Morgan fingerprint density at radius 1 is 0.686 bits per heavy atom. The van der Waals surface area contributed by atoms with E-state index in [0.717, 1.165) is 11.6 Å². The van der Waals surface area contributed by atoms with E-state index >= 15 is 0 Å². The SMILES string of the molecule is O=C(O)c1ccc(-c2ccccc2)c([N+](=O)[O-])c1.O=[N+]([O-])c1cc(CO)ccc1-c1ccccc1. The molecule has 9 heteroatoms. The molecule has 0 aliphatic heterocycles. The van der Waals surface area contributed by atoms with Crippen molar-refractivity contribution in [3.63, 3.8) is 0 Å². The molecule has 0 aliphatic rings. The minimum absolute atomic E-state index is 0.0164. The number of carboxylic acid groups (broad SMARTS) is 1. The number of aromatic carboxylic acids is 1. The number of rotatable bonds is 6. The molecule has 9 nitrogen and oxygen atoms in total. The second-order valence-corrected chi connectivity index (χ2v) is 7.29. The average molecular weight is 472 g/mol. The van der Waals surface area contributed by atoms with Crippen molar-refractivity contribution in [2.75, 3.05) is 0 Å². The van der Waals surface area contributed by atoms with Crippen LogP contribution in [-0.2, 0) is 6.61 Å². The number of nitro groups is 2. The van der Waals surface area contributed by atoms with E-state index in [-0.39, 0.29) is 23.5 Å². The Kier molecular flexibility index (Phi) is 7.99. The van der Waals surface area contributed by atoms with Gasteiger partial charge in [-0.15, -0.1) is 0 Å². The fraction of sp³-hybridized carbons (Fsp3) is 0.0385. The van der Waals surface area contributed by atoms with Crippen LogP contribution in [0, 0.1) is 20.2 Å². The van der Waals surface area contributed by atoms with Crippen LogP contribution >= 0.6 is 0 Å². The molecule has 0 aromatic heterocycles. The summed E-state index contributed by atoms with van der Waals surface area (Å²) in [5, 5.41) is 39.8. The molecule has 0 fully saturated rings. The second kappa shape index (κ2) is 11.3. The Balaban J connectivity index is 0.000000196. The van der Waals surface area contributed by atoms with Gasteiger partial charge >= 0.3 is 5.97 Å². The number of aliphatic hydroxyl groups excluding tert-OH is 1. The standard InChI is InChI=1S/C13H9NO4.C13H11NO3/c15-13(16)10-6-7-11(12(8-10)14(17)18)9-4-2-1-3-5-9;15-9-10-6-7-12(13(8-10)14(16)17)11-4-2-1-3-5-11/h1-8H,(H,15,16);1-8,15H,9H2. The Morgan fingerprint density at radius 3 is 1.57 bits per heavy atom. The third-order valence-corrected chi connectivity index (χ3v) is 5.05. The van der Waals surface area contributed by atoms with Crippen LogP contribution in [0.3, 0.4) is 0 Å². The molecule has 0 radical (unpaired) electrons. The first-order valence-electron chi connectivity index (χ1n) is 10.3. The number of nitrogens with zero attached hydrogens (tertiary/aromatic N) is 2. The smallest absolute Gasteiger partial charge is 0.335 e. The zero-order valence-electron chi connectivity index (χ0n) is 18.3. The third kappa shape index (κ3) is 6.12. The maximum absolute atomic E-state index is 11.0. The van der Waals surface area contributed by atoms with Gasteiger partial charge in [0.15, 0.2) is 0 Å². The van der Waals surface area contributed by atoms with Crippen LogP contribution < -0.4 is 0 Å². The van der Waals surface area contributed by atoms with Crippen LogP contribution in [0.5, 0.6) is 0 Å². The van der Waals surface area contributed by atoms with E-state index in [1.165, 1.54) is 18.2 Å². The van der Waals surface area contributed by atoms with Gasteiger partial charge in [0.1, 0.15) is 0 Å². The predicted octanol–water partition coefficient (Wildman–Crippen LogP) is 5.71. The monoisotopic (exact) mass is 472 g/mol. The lowest BCUT2D eigenvalue weighted by molar-refractivity contribution is -0.384. The second-order valence-electron chi connectivity index (χ2n) is 7.29. The third-order valence-electron chi connectivity index (χ3n) is 5.05. The molecular weight excluding hydrogens is 452 g/mol. The van der Waals surface area contributed by atoms with Crippen LogP contribution in [0.4, 0.5) is 11.4 Å². The van der Waals surface area contributed by atoms with Crippen molar-refractivity contribution < 1.29 is 24.9 Å². The van der Waals surface area contributed by atoms with Crippen LogP contribution in [0.25, 0.3) is 22.3 Å². The highest BCUT2D eigenvalue weighted by molar-refractivity contribution is 5.90. The summed E-state index contributed by atoms with van der Waals surface area (Å²) in [7, 11) is 0. The van der Waals surface area contributed by atoms with Gasteiger partial charge in [0, 0.05) is 12.1 Å². The van der Waals surface area contributed by atoms with Crippen LogP contribution in [-0.4, -0.2) is 26.0 Å². The Morgan fingerprint density at radius 2 is 1.14 bits per heavy atom. The van der Waals surface area contributed by atoms with Gasteiger partial charge in [0.05, 0.1) is 33.1 Å². The van der Waals surface area contributed by atoms with E-state index in [4.69, 9.17) is 10.2 Å². The van der Waals surface area contributed by atoms with E-state index < -0.39 is 15.8 Å². The maximum Gasteiger partial charge on any atom is 0.335 e. The number of hydrogen-bond donors (Lipinski definition) is 2. The number of hydrogen-bond acceptors (Lipinski definition) is 6. The van der Waals surface area contributed by atoms with Crippen molar-refractivity contribution in [3.8, 4) is 22.3 Å². The van der Waals surface area contributed by atoms with Gasteiger partial charge in [-0.2, -0.15) is 0 Å². The molecule has 0 aliphatic carbocycles. The lowest BCUT2D eigenvalue weighted by atomic mass is 10.0. The minimum atomic E-state index is -1.18. The largest absolute Gasteiger partial charge is 0.478 e. The van der Waals surface area contributed by atoms with Gasteiger partial charge in [-0.3, -0.25) is 20.2 Å². The topological polar surface area (TPSA) is 144 Å². The van der Waals surface area contributed by atoms with Crippen molar-refractivity contribution in [1.82, 2.24) is 0 Å². The zero-order valence-corrected chi connectivity index (χ0v) is 18.3. The summed E-state index contributed by atoms with van der Waals surface area (Å²) in [4.78, 5) is 31.8. The summed E-state index contributed by atoms with van der Waals surface area (Å²) >= 11 is 0. The first-order valence-corrected chi connectivity index (χ1v) is 10.3. The molecule has 0 heterocycles. The summed E-state index contributed by atoms with van der Waals surface area (Å²) in [6.45, 7) is -0.199. The summed E-state index contributed by atoms with van der Waals surface area (Å²) in [5.41, 5.74) is 2.70. The van der Waals surface area contributed by atoms with E-state index in [0.29, 0.717) is 22.3 Å². The van der Waals surface area contributed by atoms with Gasteiger partial charge in [-0.1, -0.05) is 66.7 Å². The molecule has 0 saturated carbocycles. The van der Waals surface area contributed by atoms with E-state index in [1.54, 1.807) is 42.5 Å². The van der Waals surface area contributed by atoms with Crippen molar-refractivity contribution in [1.29, 1.82) is 0 Å². The lowest BCUT2D eigenvalue weighted by Crippen LogP contribution is -1.99. The molecule has 2 N–H and O–H groups in total. The molecule has 4 rings (SSSR count). The van der Waals surface area contributed by atoms with Crippen LogP contribution in [0.15, 0.2) is 97.1 Å². The summed E-state index contributed by atoms with van der Waals surface area (Å²) in [6.07, 6.45) is 0. The normalized spacial score (nSPS) is 10.1. The molecule has 0 saturated heterocycles. The number of benzene rings is 4. The number of aliphatic hydroxyl groups is 1. The highest BCUT2D eigenvalue weighted by Gasteiger charge is 2.18. The highest BCUT2D eigenvalue weighted by atomic mass is 16.6. The van der Waals surface area contributed by atoms with E-state index in [2.05, 4.69) is 0 Å². The van der Waals surface area contributed by atoms with E-state index in [1.807, 2.05) is 30.3 Å². The molecule has 0 unspecified atom stereocenters. The van der Waals surface area contributed by atoms with Crippen molar-refractivity contribution >= 4 is 17.3 Å². The van der Waals surface area contributed by atoms with Gasteiger partial charge in [-0.25, -0.2) is 4.79 Å². The summed E-state index contributed by atoms with van der Waals surface area (Å²) in [5.74, 6) is -1.18. The molecule has 35 heavy (non-hydrogen) atoms. The summed E-state index contributed by atoms with van der Waals surface area (Å²) in [6, 6.07) is 26.6. The van der Waals surface area contributed by atoms with Gasteiger partial charge < -0.3 is 10.2 Å². The highest BCUT2D eigenvalue weighted by Crippen LogP contribution is 2.31. The van der Waals surface area contributed by atoms with Crippen LogP contribution in [0.1, 0.15) is 15.9 Å². The number of nitro benzene ring substituents is 2.